The van der Waals surface area contributed by atoms with E-state index in [0.29, 0.717) is 35.2 Å². The lowest BCUT2D eigenvalue weighted by Crippen LogP contribution is -2.13. The highest BCUT2D eigenvalue weighted by atomic mass is 16.5. The molecule has 0 saturated heterocycles. The van der Waals surface area contributed by atoms with Gasteiger partial charge in [0.15, 0.2) is 0 Å². The van der Waals surface area contributed by atoms with Gasteiger partial charge in [0, 0.05) is 11.3 Å². The fourth-order valence-corrected chi connectivity index (χ4v) is 2.13. The van der Waals surface area contributed by atoms with E-state index in [1.165, 1.54) is 0 Å². The molecular formula is C19H24N2O3. The number of carbonyl (C=O) groups excluding carboxylic acids is 1. The Kier molecular flexibility index (Phi) is 6.07. The Hall–Kier alpha value is -2.69. The predicted octanol–water partition coefficient (Wildman–Crippen LogP) is 3.95. The van der Waals surface area contributed by atoms with Crippen molar-refractivity contribution < 1.29 is 14.3 Å². The van der Waals surface area contributed by atoms with Gasteiger partial charge in [0.05, 0.1) is 19.4 Å². The highest BCUT2D eigenvalue weighted by Crippen LogP contribution is 2.27. The van der Waals surface area contributed by atoms with Crippen LogP contribution >= 0.6 is 0 Å². The van der Waals surface area contributed by atoms with E-state index in [9.17, 15) is 4.79 Å². The summed E-state index contributed by atoms with van der Waals surface area (Å²) in [5.41, 5.74) is 7.40. The van der Waals surface area contributed by atoms with Crippen LogP contribution in [0.5, 0.6) is 11.5 Å². The second-order valence-corrected chi connectivity index (χ2v) is 5.97. The van der Waals surface area contributed by atoms with E-state index in [2.05, 4.69) is 19.2 Å². The lowest BCUT2D eigenvalue weighted by atomic mass is 10.1. The first kappa shape index (κ1) is 17.7. The van der Waals surface area contributed by atoms with Gasteiger partial charge in [-0.25, -0.2) is 0 Å². The SMILES string of the molecule is COc1ccc(N)cc1NC(=O)c1ccc(OCCC(C)C)cc1. The van der Waals surface area contributed by atoms with Gasteiger partial charge in [0.2, 0.25) is 0 Å². The van der Waals surface area contributed by atoms with Crippen LogP contribution in [0.25, 0.3) is 0 Å². The van der Waals surface area contributed by atoms with Gasteiger partial charge < -0.3 is 20.5 Å². The first-order valence-electron chi connectivity index (χ1n) is 7.97. The number of benzene rings is 2. The maximum atomic E-state index is 12.4. The van der Waals surface area contributed by atoms with Gasteiger partial charge in [-0.15, -0.1) is 0 Å². The number of amides is 1. The second-order valence-electron chi connectivity index (χ2n) is 5.97. The van der Waals surface area contributed by atoms with Crippen LogP contribution in [-0.4, -0.2) is 19.6 Å². The largest absolute Gasteiger partial charge is 0.495 e. The van der Waals surface area contributed by atoms with E-state index in [-0.39, 0.29) is 5.91 Å². The number of hydrogen-bond acceptors (Lipinski definition) is 4. The van der Waals surface area contributed by atoms with Crippen LogP contribution in [0, 0.1) is 5.92 Å². The molecule has 0 aliphatic rings. The van der Waals surface area contributed by atoms with Crippen LogP contribution in [-0.2, 0) is 0 Å². The third-order valence-corrected chi connectivity index (χ3v) is 3.55. The molecule has 128 valence electrons. The van der Waals surface area contributed by atoms with E-state index >= 15 is 0 Å². The molecule has 24 heavy (non-hydrogen) atoms. The minimum absolute atomic E-state index is 0.229. The number of nitrogens with two attached hydrogens (primary N) is 1. The lowest BCUT2D eigenvalue weighted by molar-refractivity contribution is 0.102. The standard InChI is InChI=1S/C19H24N2O3/c1-13(2)10-11-24-16-7-4-14(5-8-16)19(22)21-17-12-15(20)6-9-18(17)23-3/h4-9,12-13H,10-11,20H2,1-3H3,(H,21,22). The van der Waals surface area contributed by atoms with Gasteiger partial charge >= 0.3 is 0 Å². The normalized spacial score (nSPS) is 10.5. The van der Waals surface area contributed by atoms with Gasteiger partial charge in [-0.1, -0.05) is 13.8 Å². The summed E-state index contributed by atoms with van der Waals surface area (Å²) in [6.45, 7) is 4.98. The van der Waals surface area contributed by atoms with Crippen molar-refractivity contribution in [1.82, 2.24) is 0 Å². The van der Waals surface area contributed by atoms with Crippen molar-refractivity contribution in [3.63, 3.8) is 0 Å². The van der Waals surface area contributed by atoms with Crippen molar-refractivity contribution in [3.05, 3.63) is 48.0 Å². The number of methoxy groups -OCH3 is 1. The summed E-state index contributed by atoms with van der Waals surface area (Å²) >= 11 is 0. The van der Waals surface area contributed by atoms with Gasteiger partial charge in [-0.05, 0) is 54.8 Å². The van der Waals surface area contributed by atoms with Crippen LogP contribution in [0.2, 0.25) is 0 Å². The van der Waals surface area contributed by atoms with Gasteiger partial charge in [0.25, 0.3) is 5.91 Å². The second kappa shape index (κ2) is 8.24. The molecule has 2 aromatic carbocycles. The fourth-order valence-electron chi connectivity index (χ4n) is 2.13. The van der Waals surface area contributed by atoms with Crippen molar-refractivity contribution in [3.8, 4) is 11.5 Å². The van der Waals surface area contributed by atoms with Crippen molar-refractivity contribution in [2.45, 2.75) is 20.3 Å². The van der Waals surface area contributed by atoms with Crippen molar-refractivity contribution >= 4 is 17.3 Å². The smallest absolute Gasteiger partial charge is 0.255 e. The molecule has 0 unspecified atom stereocenters. The van der Waals surface area contributed by atoms with Crippen LogP contribution in [0.4, 0.5) is 11.4 Å². The van der Waals surface area contributed by atoms with E-state index in [1.54, 1.807) is 49.6 Å². The van der Waals surface area contributed by atoms with Gasteiger partial charge in [-0.2, -0.15) is 0 Å². The average molecular weight is 328 g/mol. The quantitative estimate of drug-likeness (QED) is 0.755. The van der Waals surface area contributed by atoms with Crippen LogP contribution in [0.15, 0.2) is 42.5 Å². The molecule has 0 saturated carbocycles. The van der Waals surface area contributed by atoms with Crippen molar-refractivity contribution in [2.75, 3.05) is 24.8 Å². The van der Waals surface area contributed by atoms with Gasteiger partial charge in [0.1, 0.15) is 11.5 Å². The Morgan fingerprint density at radius 1 is 1.17 bits per heavy atom. The molecule has 0 heterocycles. The number of hydrogen-bond donors (Lipinski definition) is 2. The molecule has 0 fully saturated rings. The van der Waals surface area contributed by atoms with E-state index in [4.69, 9.17) is 15.2 Å². The average Bonchev–Trinajstić information content (AvgIpc) is 2.55. The Labute approximate surface area is 142 Å². The Bertz CT molecular complexity index is 682. The summed E-state index contributed by atoms with van der Waals surface area (Å²) in [4.78, 5) is 12.4. The molecule has 0 bridgehead atoms. The molecule has 0 aliphatic heterocycles. The summed E-state index contributed by atoms with van der Waals surface area (Å²) in [6, 6.07) is 12.2. The third kappa shape index (κ3) is 4.91. The molecule has 5 heteroatoms. The zero-order valence-corrected chi connectivity index (χ0v) is 14.3. The van der Waals surface area contributed by atoms with E-state index < -0.39 is 0 Å². The zero-order valence-electron chi connectivity index (χ0n) is 14.3. The lowest BCUT2D eigenvalue weighted by Gasteiger charge is -2.11. The third-order valence-electron chi connectivity index (χ3n) is 3.55. The molecule has 2 aromatic rings. The summed E-state index contributed by atoms with van der Waals surface area (Å²) in [6.07, 6.45) is 0.997. The maximum absolute atomic E-state index is 12.4. The van der Waals surface area contributed by atoms with Gasteiger partial charge in [-0.3, -0.25) is 4.79 Å². The number of rotatable bonds is 7. The molecule has 1 amide bonds. The summed E-state index contributed by atoms with van der Waals surface area (Å²) < 4.78 is 10.9. The number of ether oxygens (including phenoxy) is 2. The van der Waals surface area contributed by atoms with E-state index in [0.717, 1.165) is 12.2 Å². The number of anilines is 2. The summed E-state index contributed by atoms with van der Waals surface area (Å²) in [5, 5.41) is 2.81. The highest BCUT2D eigenvalue weighted by molar-refractivity contribution is 6.05. The molecule has 0 spiro atoms. The van der Waals surface area contributed by atoms with E-state index in [1.807, 2.05) is 0 Å². The first-order chi connectivity index (χ1) is 11.5. The molecule has 0 radical (unpaired) electrons. The van der Waals surface area contributed by atoms with Crippen LogP contribution in [0.3, 0.4) is 0 Å². The molecule has 2 rings (SSSR count). The maximum Gasteiger partial charge on any atom is 0.255 e. The number of nitrogen functional groups attached to an aromatic ring is 1. The van der Waals surface area contributed by atoms with Crippen LogP contribution < -0.4 is 20.5 Å². The van der Waals surface area contributed by atoms with Crippen molar-refractivity contribution in [1.29, 1.82) is 0 Å². The zero-order chi connectivity index (χ0) is 17.5. The minimum Gasteiger partial charge on any atom is -0.495 e. The first-order valence-corrected chi connectivity index (χ1v) is 7.97. The topological polar surface area (TPSA) is 73.6 Å². The van der Waals surface area contributed by atoms with Crippen LogP contribution in [0.1, 0.15) is 30.6 Å². The molecular weight excluding hydrogens is 304 g/mol. The van der Waals surface area contributed by atoms with Crippen molar-refractivity contribution in [2.24, 2.45) is 5.92 Å². The minimum atomic E-state index is -0.229. The number of carbonyl (C=O) groups is 1. The molecule has 0 atom stereocenters. The monoisotopic (exact) mass is 328 g/mol. The summed E-state index contributed by atoms with van der Waals surface area (Å²) in [7, 11) is 1.55. The summed E-state index contributed by atoms with van der Waals surface area (Å²) in [5.74, 6) is 1.69. The Morgan fingerprint density at radius 2 is 1.88 bits per heavy atom. The Morgan fingerprint density at radius 3 is 2.50 bits per heavy atom. The molecule has 0 aliphatic carbocycles. The molecule has 3 N–H and O–H groups in total. The molecule has 0 aromatic heterocycles. The Balaban J connectivity index is 2.01. The fraction of sp³-hybridized carbons (Fsp3) is 0.316. The molecule has 5 nitrogen and oxygen atoms in total. The number of nitrogens with one attached hydrogen (secondary N) is 1. The predicted molar refractivity (Wildman–Crippen MR) is 96.8 cm³/mol. The highest BCUT2D eigenvalue weighted by Gasteiger charge is 2.10.